The number of alkyl halides is 1. The number of halogens is 1. The molecule has 1 unspecified atom stereocenters. The summed E-state index contributed by atoms with van der Waals surface area (Å²) in [4.78, 5) is 0. The lowest BCUT2D eigenvalue weighted by molar-refractivity contribution is 0.920. The molecule has 2 heteroatoms. The molecular weight excluding hydrogens is 189 g/mol. The lowest BCUT2D eigenvalue weighted by atomic mass is 10.5. The number of hydrogen-bond acceptors (Lipinski definition) is 1. The first-order chi connectivity index (χ1) is 2.84. The molecule has 0 aromatic heterocycles. The predicted molar refractivity (Wildman–Crippen MR) is 35.0 cm³/mol. The monoisotopic (exact) mass is 197 g/mol. The smallest absolute Gasteiger partial charge is 0.00785 e. The molecule has 0 aromatic rings. The van der Waals surface area contributed by atoms with Crippen molar-refractivity contribution >= 4 is 22.6 Å². The zero-order valence-electron chi connectivity index (χ0n) is 3.52. The van der Waals surface area contributed by atoms with Crippen LogP contribution in [0.5, 0.6) is 0 Å². The summed E-state index contributed by atoms with van der Waals surface area (Å²) < 4.78 is 1.25. The van der Waals surface area contributed by atoms with Gasteiger partial charge in [0, 0.05) is 10.5 Å². The zero-order chi connectivity index (χ0) is 4.57. The molecule has 0 bridgehead atoms. The molecular formula is C4H8IN. The summed E-state index contributed by atoms with van der Waals surface area (Å²) in [6.45, 7) is 0. The maximum atomic E-state index is 5.47. The fourth-order valence-corrected chi connectivity index (χ4v) is 1.46. The summed E-state index contributed by atoms with van der Waals surface area (Å²) in [7, 11) is 0. The van der Waals surface area contributed by atoms with Crippen LogP contribution < -0.4 is 5.73 Å². The Morgan fingerprint density at radius 1 is 1.83 bits per heavy atom. The second-order valence-electron chi connectivity index (χ2n) is 1.81. The molecule has 6 heavy (non-hydrogen) atoms. The second kappa shape index (κ2) is 1.66. The van der Waals surface area contributed by atoms with Crippen LogP contribution in [0.3, 0.4) is 0 Å². The molecule has 1 fully saturated rings. The Bertz CT molecular complexity index is 53.5. The molecule has 0 heterocycles. The Morgan fingerprint density at radius 2 is 2.33 bits per heavy atom. The molecule has 1 rings (SSSR count). The molecule has 1 nitrogen and oxygen atoms in total. The van der Waals surface area contributed by atoms with Crippen molar-refractivity contribution in [1.29, 1.82) is 0 Å². The minimum absolute atomic E-state index is 0.557. The summed E-state index contributed by atoms with van der Waals surface area (Å²) in [5.41, 5.74) is 5.47. The van der Waals surface area contributed by atoms with E-state index in [1.165, 1.54) is 10.8 Å². The van der Waals surface area contributed by atoms with Gasteiger partial charge in [-0.1, -0.05) is 22.6 Å². The van der Waals surface area contributed by atoms with Crippen molar-refractivity contribution in [2.24, 2.45) is 11.7 Å². The Morgan fingerprint density at radius 3 is 2.33 bits per heavy atom. The average Bonchev–Trinajstić information content (AvgIpc) is 2.19. The molecule has 0 amide bonds. The van der Waals surface area contributed by atoms with Gasteiger partial charge in [-0.15, -0.1) is 0 Å². The minimum Gasteiger partial charge on any atom is -0.327 e. The molecule has 0 aromatic carbocycles. The highest BCUT2D eigenvalue weighted by molar-refractivity contribution is 14.1. The first-order valence-electron chi connectivity index (χ1n) is 2.16. The van der Waals surface area contributed by atoms with E-state index >= 15 is 0 Å². The van der Waals surface area contributed by atoms with E-state index in [2.05, 4.69) is 22.6 Å². The third-order valence-electron chi connectivity index (χ3n) is 1.18. The van der Waals surface area contributed by atoms with E-state index in [1.54, 1.807) is 0 Å². The lowest BCUT2D eigenvalue weighted by Gasteiger charge is -1.78. The van der Waals surface area contributed by atoms with E-state index in [0.717, 1.165) is 5.92 Å². The molecule has 2 atom stereocenters. The van der Waals surface area contributed by atoms with Gasteiger partial charge < -0.3 is 5.73 Å². The van der Waals surface area contributed by atoms with E-state index in [4.69, 9.17) is 5.73 Å². The predicted octanol–water partition coefficient (Wildman–Crippen LogP) is 0.769. The van der Waals surface area contributed by atoms with Gasteiger partial charge in [0.2, 0.25) is 0 Å². The van der Waals surface area contributed by atoms with E-state index in [0.29, 0.717) is 6.04 Å². The molecule has 0 spiro atoms. The van der Waals surface area contributed by atoms with Crippen LogP contribution >= 0.6 is 22.6 Å². The Labute approximate surface area is 51.4 Å². The second-order valence-corrected chi connectivity index (χ2v) is 2.69. The van der Waals surface area contributed by atoms with Gasteiger partial charge in [0.1, 0.15) is 0 Å². The van der Waals surface area contributed by atoms with Gasteiger partial charge in [0.25, 0.3) is 0 Å². The maximum Gasteiger partial charge on any atom is 0.00785 e. The van der Waals surface area contributed by atoms with E-state index in [-0.39, 0.29) is 0 Å². The third-order valence-corrected chi connectivity index (χ3v) is 2.31. The molecule has 0 radical (unpaired) electrons. The van der Waals surface area contributed by atoms with Crippen molar-refractivity contribution in [2.75, 3.05) is 4.43 Å². The highest BCUT2D eigenvalue weighted by Gasteiger charge is 2.31. The van der Waals surface area contributed by atoms with Crippen molar-refractivity contribution in [3.8, 4) is 0 Å². The Kier molecular flexibility index (Phi) is 1.34. The summed E-state index contributed by atoms with van der Waals surface area (Å²) in [6, 6.07) is 0.557. The van der Waals surface area contributed by atoms with Gasteiger partial charge in [-0.3, -0.25) is 0 Å². The SMILES string of the molecule is NC1C[C@@H]1CI. The van der Waals surface area contributed by atoms with E-state index in [9.17, 15) is 0 Å². The molecule has 36 valence electrons. The lowest BCUT2D eigenvalue weighted by Crippen LogP contribution is -2.01. The van der Waals surface area contributed by atoms with Crippen LogP contribution in [0.4, 0.5) is 0 Å². The summed E-state index contributed by atoms with van der Waals surface area (Å²) >= 11 is 2.38. The standard InChI is InChI=1S/C4H8IN/c5-2-3-1-4(3)6/h3-4H,1-2,6H2/t3-,4?/m1/s1. The van der Waals surface area contributed by atoms with Crippen LogP contribution in [-0.4, -0.2) is 10.5 Å². The highest BCUT2D eigenvalue weighted by Crippen LogP contribution is 2.29. The van der Waals surface area contributed by atoms with Crippen LogP contribution in [0.25, 0.3) is 0 Å². The van der Waals surface area contributed by atoms with Crippen LogP contribution in [0.2, 0.25) is 0 Å². The van der Waals surface area contributed by atoms with Crippen LogP contribution in [0.1, 0.15) is 6.42 Å². The van der Waals surface area contributed by atoms with Crippen molar-refractivity contribution < 1.29 is 0 Å². The van der Waals surface area contributed by atoms with Gasteiger partial charge in [-0.2, -0.15) is 0 Å². The first-order valence-corrected chi connectivity index (χ1v) is 3.68. The number of nitrogens with two attached hydrogens (primary N) is 1. The van der Waals surface area contributed by atoms with Crippen molar-refractivity contribution in [3.05, 3.63) is 0 Å². The van der Waals surface area contributed by atoms with Crippen LogP contribution in [-0.2, 0) is 0 Å². The van der Waals surface area contributed by atoms with Gasteiger partial charge in [0.15, 0.2) is 0 Å². The minimum atomic E-state index is 0.557. The quantitative estimate of drug-likeness (QED) is 0.487. The van der Waals surface area contributed by atoms with E-state index in [1.807, 2.05) is 0 Å². The van der Waals surface area contributed by atoms with Crippen molar-refractivity contribution in [1.82, 2.24) is 0 Å². The largest absolute Gasteiger partial charge is 0.327 e. The average molecular weight is 197 g/mol. The molecule has 1 saturated carbocycles. The zero-order valence-corrected chi connectivity index (χ0v) is 5.68. The first kappa shape index (κ1) is 4.84. The fourth-order valence-electron chi connectivity index (χ4n) is 0.448. The number of rotatable bonds is 1. The third kappa shape index (κ3) is 0.846. The molecule has 1 aliphatic rings. The molecule has 2 N–H and O–H groups in total. The maximum absolute atomic E-state index is 5.47. The highest BCUT2D eigenvalue weighted by atomic mass is 127. The topological polar surface area (TPSA) is 26.0 Å². The Balaban J connectivity index is 2.09. The molecule has 0 aliphatic heterocycles. The van der Waals surface area contributed by atoms with Crippen molar-refractivity contribution in [3.63, 3.8) is 0 Å². The summed E-state index contributed by atoms with van der Waals surface area (Å²) in [5, 5.41) is 0. The van der Waals surface area contributed by atoms with Gasteiger partial charge in [-0.05, 0) is 12.3 Å². The van der Waals surface area contributed by atoms with Crippen LogP contribution in [0.15, 0.2) is 0 Å². The van der Waals surface area contributed by atoms with Gasteiger partial charge in [-0.25, -0.2) is 0 Å². The Hall–Kier alpha value is 0.690. The van der Waals surface area contributed by atoms with Gasteiger partial charge in [0.05, 0.1) is 0 Å². The number of hydrogen-bond donors (Lipinski definition) is 1. The normalized spacial score (nSPS) is 43.0. The molecule has 1 aliphatic carbocycles. The molecule has 0 saturated heterocycles. The van der Waals surface area contributed by atoms with E-state index < -0.39 is 0 Å². The summed E-state index contributed by atoms with van der Waals surface area (Å²) in [6.07, 6.45) is 1.27. The summed E-state index contributed by atoms with van der Waals surface area (Å²) in [5.74, 6) is 0.866. The van der Waals surface area contributed by atoms with Gasteiger partial charge >= 0.3 is 0 Å². The van der Waals surface area contributed by atoms with Crippen LogP contribution in [0, 0.1) is 5.92 Å². The van der Waals surface area contributed by atoms with Crippen molar-refractivity contribution in [2.45, 2.75) is 12.5 Å². The fraction of sp³-hybridized carbons (Fsp3) is 1.00.